The van der Waals surface area contributed by atoms with E-state index >= 15 is 0 Å². The number of nitrogens with one attached hydrogen (secondary N) is 1. The Morgan fingerprint density at radius 1 is 1.04 bits per heavy atom. The molecule has 1 aliphatic rings. The molecule has 0 fully saturated rings. The zero-order valence-electron chi connectivity index (χ0n) is 14.1. The van der Waals surface area contributed by atoms with Crippen molar-refractivity contribution in [3.63, 3.8) is 0 Å². The van der Waals surface area contributed by atoms with E-state index in [1.165, 1.54) is 5.56 Å². The zero-order valence-corrected chi connectivity index (χ0v) is 14.1. The lowest BCUT2D eigenvalue weighted by Gasteiger charge is -2.03. The Kier molecular flexibility index (Phi) is 3.53. The highest BCUT2D eigenvalue weighted by molar-refractivity contribution is 6.30. The molecule has 0 unspecified atom stereocenters. The number of carbonyl (C=O) groups excluding carboxylic acids is 1. The second-order valence-corrected chi connectivity index (χ2v) is 6.28. The number of nitrogens with zero attached hydrogens (tertiary/aromatic N) is 1. The van der Waals surface area contributed by atoms with Gasteiger partial charge in [0.15, 0.2) is 5.88 Å². The van der Waals surface area contributed by atoms with Gasteiger partial charge in [0.05, 0.1) is 22.5 Å². The lowest BCUT2D eigenvalue weighted by Crippen LogP contribution is -2.00. The summed E-state index contributed by atoms with van der Waals surface area (Å²) in [4.78, 5) is 19.7. The molecular formula is C21H18N2O2. The van der Waals surface area contributed by atoms with Crippen LogP contribution in [0.3, 0.4) is 0 Å². The van der Waals surface area contributed by atoms with Crippen molar-refractivity contribution in [2.75, 3.05) is 0 Å². The number of H-pyrrole nitrogens is 1. The van der Waals surface area contributed by atoms with Crippen LogP contribution in [0.25, 0.3) is 11.3 Å². The fourth-order valence-electron chi connectivity index (χ4n) is 3.27. The van der Waals surface area contributed by atoms with Gasteiger partial charge in [-0.3, -0.25) is 4.79 Å². The molecule has 1 aromatic heterocycles. The summed E-state index contributed by atoms with van der Waals surface area (Å²) in [5.74, 6) is -0.340. The van der Waals surface area contributed by atoms with Crippen LogP contribution >= 0.6 is 0 Å². The molecule has 2 aromatic carbocycles. The second kappa shape index (κ2) is 5.74. The van der Waals surface area contributed by atoms with Gasteiger partial charge in [-0.2, -0.15) is 0 Å². The summed E-state index contributed by atoms with van der Waals surface area (Å²) >= 11 is 0. The fourth-order valence-corrected chi connectivity index (χ4v) is 3.27. The molecule has 0 aliphatic carbocycles. The first-order chi connectivity index (χ1) is 12.1. The van der Waals surface area contributed by atoms with Crippen molar-refractivity contribution in [1.29, 1.82) is 0 Å². The van der Waals surface area contributed by atoms with Crippen molar-refractivity contribution in [2.24, 2.45) is 4.99 Å². The van der Waals surface area contributed by atoms with E-state index in [1.54, 1.807) is 0 Å². The summed E-state index contributed by atoms with van der Waals surface area (Å²) in [6, 6.07) is 15.7. The first-order valence-corrected chi connectivity index (χ1v) is 8.33. The molecule has 4 nitrogen and oxygen atoms in total. The fraction of sp³-hybridized carbons (Fsp3) is 0.143. The Balaban J connectivity index is 1.85. The summed E-state index contributed by atoms with van der Waals surface area (Å²) in [6.07, 6.45) is 0.948. The second-order valence-electron chi connectivity index (χ2n) is 6.28. The summed E-state index contributed by atoms with van der Waals surface area (Å²) in [7, 11) is 0. The molecule has 124 valence electrons. The van der Waals surface area contributed by atoms with Gasteiger partial charge in [-0.1, -0.05) is 55.0 Å². The Morgan fingerprint density at radius 2 is 1.80 bits per heavy atom. The molecule has 0 spiro atoms. The maximum Gasteiger partial charge on any atom is 0.280 e. The van der Waals surface area contributed by atoms with Crippen LogP contribution in [-0.4, -0.2) is 21.7 Å². The van der Waals surface area contributed by atoms with Crippen molar-refractivity contribution in [1.82, 2.24) is 4.98 Å². The summed E-state index contributed by atoms with van der Waals surface area (Å²) in [6.45, 7) is 4.08. The highest BCUT2D eigenvalue weighted by Crippen LogP contribution is 2.38. The van der Waals surface area contributed by atoms with Crippen LogP contribution < -0.4 is 0 Å². The third-order valence-electron chi connectivity index (χ3n) is 4.59. The van der Waals surface area contributed by atoms with Gasteiger partial charge in [0, 0.05) is 5.56 Å². The number of aromatic amines is 1. The summed E-state index contributed by atoms with van der Waals surface area (Å²) in [5.41, 5.74) is 6.07. The average Bonchev–Trinajstić information content (AvgIpc) is 3.14. The van der Waals surface area contributed by atoms with Crippen LogP contribution in [0.15, 0.2) is 53.5 Å². The van der Waals surface area contributed by atoms with Crippen LogP contribution in [0.5, 0.6) is 5.88 Å². The number of amides is 1. The van der Waals surface area contributed by atoms with Crippen molar-refractivity contribution in [3.05, 3.63) is 76.3 Å². The molecule has 0 saturated carbocycles. The largest absolute Gasteiger partial charge is 0.494 e. The van der Waals surface area contributed by atoms with Gasteiger partial charge in [0.1, 0.15) is 0 Å². The van der Waals surface area contributed by atoms with E-state index in [-0.39, 0.29) is 11.8 Å². The van der Waals surface area contributed by atoms with E-state index < -0.39 is 0 Å². The van der Waals surface area contributed by atoms with Crippen molar-refractivity contribution in [2.45, 2.75) is 20.3 Å². The van der Waals surface area contributed by atoms with E-state index in [1.807, 2.05) is 55.5 Å². The quantitative estimate of drug-likeness (QED) is 0.754. The van der Waals surface area contributed by atoms with Crippen LogP contribution in [0.1, 0.15) is 39.5 Å². The van der Waals surface area contributed by atoms with Gasteiger partial charge >= 0.3 is 0 Å². The Morgan fingerprint density at radius 3 is 2.48 bits per heavy atom. The highest BCUT2D eigenvalue weighted by atomic mass is 16.3. The Labute approximate surface area is 145 Å². The lowest BCUT2D eigenvalue weighted by atomic mass is 9.99. The van der Waals surface area contributed by atoms with Gasteiger partial charge in [0.2, 0.25) is 0 Å². The minimum absolute atomic E-state index is 0.0179. The summed E-state index contributed by atoms with van der Waals surface area (Å²) in [5, 5.41) is 10.4. The number of rotatable bonds is 3. The topological polar surface area (TPSA) is 65.5 Å². The van der Waals surface area contributed by atoms with Crippen molar-refractivity contribution >= 4 is 11.6 Å². The van der Waals surface area contributed by atoms with Crippen LogP contribution in [0, 0.1) is 6.92 Å². The van der Waals surface area contributed by atoms with Gasteiger partial charge in [-0.25, -0.2) is 4.99 Å². The van der Waals surface area contributed by atoms with Crippen molar-refractivity contribution < 1.29 is 9.90 Å². The first kappa shape index (κ1) is 15.4. The molecule has 0 atom stereocenters. The maximum atomic E-state index is 12.5. The third kappa shape index (κ3) is 2.47. The first-order valence-electron chi connectivity index (χ1n) is 8.33. The number of aryl methyl sites for hydroxylation is 2. The van der Waals surface area contributed by atoms with E-state index in [2.05, 4.69) is 16.9 Å². The number of carbonyl (C=O) groups is 1. The van der Waals surface area contributed by atoms with Crippen LogP contribution in [0.4, 0.5) is 0 Å². The van der Waals surface area contributed by atoms with E-state index in [9.17, 15) is 9.90 Å². The van der Waals surface area contributed by atoms with Crippen molar-refractivity contribution in [3.8, 4) is 17.1 Å². The predicted molar refractivity (Wildman–Crippen MR) is 98.4 cm³/mol. The highest BCUT2D eigenvalue weighted by Gasteiger charge is 2.33. The number of aliphatic imine (C=N–C) groups is 1. The number of hydrogen-bond donors (Lipinski definition) is 2. The average molecular weight is 330 g/mol. The zero-order chi connectivity index (χ0) is 17.6. The van der Waals surface area contributed by atoms with E-state index in [4.69, 9.17) is 0 Å². The molecule has 3 aromatic rings. The Hall–Kier alpha value is -3.14. The minimum atomic E-state index is -0.322. The van der Waals surface area contributed by atoms with E-state index in [0.717, 1.165) is 23.1 Å². The SMILES string of the molecule is CCc1ccc(C2=NC(=O)c3c(-c4cccc(C)c4)[nH]c(O)c32)cc1. The Bertz CT molecular complexity index is 1010. The standard InChI is InChI=1S/C21H18N2O2/c1-3-13-7-9-14(10-8-13)18-16-17(21(25)22-18)19(23-20(16)24)15-6-4-5-12(2)11-15/h4-11,23-24H,3H2,1-2H3. The van der Waals surface area contributed by atoms with Gasteiger partial charge in [0.25, 0.3) is 5.91 Å². The molecule has 2 N–H and O–H groups in total. The molecule has 2 heterocycles. The number of hydrogen-bond acceptors (Lipinski definition) is 2. The van der Waals surface area contributed by atoms with Gasteiger partial charge < -0.3 is 10.1 Å². The predicted octanol–water partition coefficient (Wildman–Crippen LogP) is 4.25. The normalized spacial score (nSPS) is 13.0. The van der Waals surface area contributed by atoms with E-state index in [0.29, 0.717) is 22.5 Å². The smallest absolute Gasteiger partial charge is 0.280 e. The molecular weight excluding hydrogens is 312 g/mol. The molecule has 4 heteroatoms. The number of fused-ring (bicyclic) bond motifs is 1. The molecule has 25 heavy (non-hydrogen) atoms. The monoisotopic (exact) mass is 330 g/mol. The van der Waals surface area contributed by atoms with Crippen LogP contribution in [0.2, 0.25) is 0 Å². The number of aromatic nitrogens is 1. The lowest BCUT2D eigenvalue weighted by molar-refractivity contribution is 0.101. The number of aromatic hydroxyl groups is 1. The summed E-state index contributed by atoms with van der Waals surface area (Å²) < 4.78 is 0. The minimum Gasteiger partial charge on any atom is -0.494 e. The molecule has 4 rings (SSSR count). The third-order valence-corrected chi connectivity index (χ3v) is 4.59. The molecule has 0 saturated heterocycles. The van der Waals surface area contributed by atoms with Gasteiger partial charge in [-0.05, 0) is 30.5 Å². The van der Waals surface area contributed by atoms with Crippen LogP contribution in [-0.2, 0) is 6.42 Å². The van der Waals surface area contributed by atoms with Gasteiger partial charge in [-0.15, -0.1) is 0 Å². The maximum absolute atomic E-state index is 12.5. The molecule has 0 radical (unpaired) electrons. The number of benzene rings is 2. The molecule has 0 bridgehead atoms. The molecule has 1 aliphatic heterocycles. The molecule has 1 amide bonds.